The van der Waals surface area contributed by atoms with Crippen LogP contribution in [0.1, 0.15) is 136 Å². The largest absolute Gasteiger partial charge is 3.00 e. The average Bonchev–Trinajstić information content (AvgIpc) is 2.68. The van der Waals surface area contributed by atoms with E-state index in [1.54, 1.807) is 0 Å². The number of unbranched alkanes of at least 4 members (excludes halogenated alkanes) is 12. The summed E-state index contributed by atoms with van der Waals surface area (Å²) in [5, 5.41) is 29.8. The van der Waals surface area contributed by atoms with E-state index >= 15 is 0 Å². The number of hydrogen-bond donors (Lipinski definition) is 0. The Hall–Kier alpha value is -0.967. The quantitative estimate of drug-likeness (QED) is 0.197. The van der Waals surface area contributed by atoms with Gasteiger partial charge in [0.25, 0.3) is 0 Å². The molecule has 0 rings (SSSR count). The van der Waals surface area contributed by atoms with Crippen LogP contribution in [0, 0.1) is 0 Å². The van der Waals surface area contributed by atoms with Crippen LogP contribution in [0.5, 0.6) is 0 Å². The van der Waals surface area contributed by atoms with Crippen LogP contribution in [-0.2, 0) is 33.9 Å². The van der Waals surface area contributed by atoms with E-state index in [1.807, 2.05) is 0 Å². The summed E-state index contributed by atoms with van der Waals surface area (Å²) in [6, 6.07) is 0. The number of carboxylic acids is 3. The van der Waals surface area contributed by atoms with Gasteiger partial charge < -0.3 is 29.7 Å². The standard InChI is InChI=1S/3C8H16O2.Rh/c3*1-2-3-4-5-6-7-8(9)10;/h3*2-7H2,1H3,(H,9,10);/q;;;+3/p-3. The number of hydrogen-bond acceptors (Lipinski definition) is 6. The molecule has 0 bridgehead atoms. The summed E-state index contributed by atoms with van der Waals surface area (Å²) in [4.78, 5) is 29.8. The van der Waals surface area contributed by atoms with E-state index < -0.39 is 17.9 Å². The molecule has 0 aliphatic rings. The predicted molar refractivity (Wildman–Crippen MR) is 115 cm³/mol. The van der Waals surface area contributed by atoms with Gasteiger partial charge in [0.15, 0.2) is 0 Å². The van der Waals surface area contributed by atoms with Crippen LogP contribution in [0.2, 0.25) is 0 Å². The Morgan fingerprint density at radius 2 is 0.613 bits per heavy atom. The summed E-state index contributed by atoms with van der Waals surface area (Å²) < 4.78 is 0. The number of carbonyl (C=O) groups excluding carboxylic acids is 3. The topological polar surface area (TPSA) is 120 Å². The van der Waals surface area contributed by atoms with Crippen LogP contribution in [0.15, 0.2) is 0 Å². The van der Waals surface area contributed by atoms with E-state index in [0.29, 0.717) is 0 Å². The fraction of sp³-hybridized carbons (Fsp3) is 0.875. The Morgan fingerprint density at radius 1 is 0.419 bits per heavy atom. The third-order valence-electron chi connectivity index (χ3n) is 4.45. The van der Waals surface area contributed by atoms with Crippen LogP contribution < -0.4 is 15.3 Å². The second-order valence-corrected chi connectivity index (χ2v) is 7.61. The second kappa shape index (κ2) is 33.7. The van der Waals surface area contributed by atoms with Crippen molar-refractivity contribution in [2.45, 2.75) is 136 Å². The molecule has 0 radical (unpaired) electrons. The molecule has 0 amide bonds. The van der Waals surface area contributed by atoms with E-state index in [4.69, 9.17) is 0 Å². The molecule has 6 nitrogen and oxygen atoms in total. The normalized spacial score (nSPS) is 9.39. The van der Waals surface area contributed by atoms with Gasteiger partial charge in [-0.3, -0.25) is 0 Å². The molecule has 0 aromatic carbocycles. The van der Waals surface area contributed by atoms with E-state index in [-0.39, 0.29) is 38.7 Å². The number of rotatable bonds is 18. The Bertz CT molecular complexity index is 331. The zero-order chi connectivity index (χ0) is 23.5. The van der Waals surface area contributed by atoms with Gasteiger partial charge in [-0.05, 0) is 38.5 Å². The van der Waals surface area contributed by atoms with E-state index in [0.717, 1.165) is 57.8 Å². The molecule has 0 aromatic heterocycles. The molecule has 186 valence electrons. The van der Waals surface area contributed by atoms with Gasteiger partial charge in [0.2, 0.25) is 0 Å². The first-order valence-corrected chi connectivity index (χ1v) is 11.9. The van der Waals surface area contributed by atoms with Crippen LogP contribution in [0.4, 0.5) is 0 Å². The van der Waals surface area contributed by atoms with Gasteiger partial charge in [-0.2, -0.15) is 0 Å². The molecule has 0 aromatic rings. The third kappa shape index (κ3) is 52.9. The number of carbonyl (C=O) groups is 3. The van der Waals surface area contributed by atoms with Crippen molar-refractivity contribution in [1.29, 1.82) is 0 Å². The summed E-state index contributed by atoms with van der Waals surface area (Å²) >= 11 is 0. The molecule has 0 fully saturated rings. The molecular formula is C24H45O6Rh. The van der Waals surface area contributed by atoms with Crippen molar-refractivity contribution in [3.63, 3.8) is 0 Å². The van der Waals surface area contributed by atoms with Crippen molar-refractivity contribution in [2.24, 2.45) is 0 Å². The van der Waals surface area contributed by atoms with Crippen LogP contribution in [0.25, 0.3) is 0 Å². The molecule has 7 heteroatoms. The number of aliphatic carboxylic acids is 3. The smallest absolute Gasteiger partial charge is 0.550 e. The van der Waals surface area contributed by atoms with Gasteiger partial charge in [0, 0.05) is 17.9 Å². The first kappa shape index (κ1) is 37.4. The minimum Gasteiger partial charge on any atom is -0.550 e. The fourth-order valence-electron chi connectivity index (χ4n) is 2.62. The van der Waals surface area contributed by atoms with Crippen molar-refractivity contribution in [3.8, 4) is 0 Å². The zero-order valence-corrected chi connectivity index (χ0v) is 21.6. The minimum atomic E-state index is -0.920. The maximum Gasteiger partial charge on any atom is 3.00 e. The van der Waals surface area contributed by atoms with Crippen molar-refractivity contribution < 1.29 is 49.2 Å². The van der Waals surface area contributed by atoms with Gasteiger partial charge in [0.1, 0.15) is 0 Å². The summed E-state index contributed by atoms with van der Waals surface area (Å²) in [7, 11) is 0. The summed E-state index contributed by atoms with van der Waals surface area (Å²) in [6.45, 7) is 6.41. The molecule has 0 saturated heterocycles. The van der Waals surface area contributed by atoms with E-state index in [1.165, 1.54) is 38.5 Å². The minimum absolute atomic E-state index is 0. The predicted octanol–water partition coefficient (Wildman–Crippen LogP) is 3.29. The summed E-state index contributed by atoms with van der Waals surface area (Å²) in [5.74, 6) is -2.76. The van der Waals surface area contributed by atoms with Crippen molar-refractivity contribution in [1.82, 2.24) is 0 Å². The van der Waals surface area contributed by atoms with E-state index in [2.05, 4.69) is 20.8 Å². The second-order valence-electron chi connectivity index (χ2n) is 7.61. The average molecular weight is 533 g/mol. The van der Waals surface area contributed by atoms with Crippen LogP contribution in [0.3, 0.4) is 0 Å². The van der Waals surface area contributed by atoms with Gasteiger partial charge in [0.05, 0.1) is 0 Å². The van der Waals surface area contributed by atoms with Crippen LogP contribution in [-0.4, -0.2) is 17.9 Å². The van der Waals surface area contributed by atoms with Gasteiger partial charge >= 0.3 is 19.5 Å². The first-order valence-electron chi connectivity index (χ1n) is 11.9. The maximum absolute atomic E-state index is 9.92. The van der Waals surface area contributed by atoms with Gasteiger partial charge in [-0.15, -0.1) is 0 Å². The Morgan fingerprint density at radius 3 is 0.774 bits per heavy atom. The Labute approximate surface area is 203 Å². The van der Waals surface area contributed by atoms with E-state index in [9.17, 15) is 29.7 Å². The molecule has 0 heterocycles. The molecule has 0 spiro atoms. The fourth-order valence-corrected chi connectivity index (χ4v) is 2.62. The van der Waals surface area contributed by atoms with Gasteiger partial charge in [-0.25, -0.2) is 0 Å². The Kier molecular flexibility index (Phi) is 40.6. The van der Waals surface area contributed by atoms with Crippen molar-refractivity contribution in [3.05, 3.63) is 0 Å². The Balaban J connectivity index is -0.000000174. The molecule has 0 aliphatic heterocycles. The van der Waals surface area contributed by atoms with Gasteiger partial charge in [-0.1, -0.05) is 97.8 Å². The third-order valence-corrected chi connectivity index (χ3v) is 4.45. The summed E-state index contributed by atoms with van der Waals surface area (Å²) in [5.41, 5.74) is 0. The monoisotopic (exact) mass is 532 g/mol. The zero-order valence-electron chi connectivity index (χ0n) is 20.0. The SMILES string of the molecule is CCCCCCCC(=O)[O-].CCCCCCCC(=O)[O-].CCCCCCCC(=O)[O-].[Rh+3]. The van der Waals surface area contributed by atoms with Crippen LogP contribution >= 0.6 is 0 Å². The summed E-state index contributed by atoms with van der Waals surface area (Å²) in [6.07, 6.45) is 16.8. The molecule has 0 unspecified atom stereocenters. The molecule has 0 atom stereocenters. The molecule has 0 saturated carbocycles. The first-order chi connectivity index (χ1) is 14.3. The number of carboxylic acid groups (broad SMARTS) is 3. The molecule has 0 N–H and O–H groups in total. The maximum atomic E-state index is 9.92. The molecular weight excluding hydrogens is 487 g/mol. The van der Waals surface area contributed by atoms with Crippen molar-refractivity contribution >= 4 is 17.9 Å². The molecule has 0 aliphatic carbocycles. The molecule has 31 heavy (non-hydrogen) atoms. The van der Waals surface area contributed by atoms with Crippen molar-refractivity contribution in [2.75, 3.05) is 0 Å².